The molecule has 0 spiro atoms. The molecule has 0 amide bonds. The van der Waals surface area contributed by atoms with E-state index in [0.29, 0.717) is 11.8 Å². The maximum atomic E-state index is 2.44. The molecule has 0 heterocycles. The zero-order valence-electron chi connectivity index (χ0n) is 17.0. The van der Waals surface area contributed by atoms with Gasteiger partial charge in [-0.05, 0) is 70.0 Å². The Morgan fingerprint density at radius 1 is 0.792 bits per heavy atom. The van der Waals surface area contributed by atoms with Crippen molar-refractivity contribution in [3.63, 3.8) is 0 Å². The van der Waals surface area contributed by atoms with E-state index in [1.165, 1.54) is 38.9 Å². The van der Waals surface area contributed by atoms with Gasteiger partial charge in [0.1, 0.15) is 0 Å². The number of aryl methyl sites for hydroxylation is 1. The van der Waals surface area contributed by atoms with Crippen LogP contribution in [0, 0.1) is 13.8 Å². The molecule has 2 rings (SSSR count). The van der Waals surface area contributed by atoms with Crippen molar-refractivity contribution in [3.05, 3.63) is 58.1 Å². The van der Waals surface area contributed by atoms with Crippen LogP contribution in [0.2, 0.25) is 0 Å². The molecule has 0 radical (unpaired) electrons. The molecule has 0 unspecified atom stereocenters. The molecule has 0 aliphatic carbocycles. The molecule has 0 atom stereocenters. The summed E-state index contributed by atoms with van der Waals surface area (Å²) in [6.07, 6.45) is 0. The van der Waals surface area contributed by atoms with Crippen LogP contribution in [0.4, 0.5) is 0 Å². The second-order valence-electron chi connectivity index (χ2n) is 8.84. The van der Waals surface area contributed by atoms with Gasteiger partial charge in [0.25, 0.3) is 0 Å². The van der Waals surface area contributed by atoms with Gasteiger partial charge in [0.15, 0.2) is 0 Å². The molecule has 0 saturated heterocycles. The second kappa shape index (κ2) is 6.75. The van der Waals surface area contributed by atoms with Crippen LogP contribution in [0.5, 0.6) is 0 Å². The third-order valence-corrected chi connectivity index (χ3v) is 5.14. The van der Waals surface area contributed by atoms with E-state index in [0.717, 1.165) is 0 Å². The van der Waals surface area contributed by atoms with Gasteiger partial charge in [-0.15, -0.1) is 0 Å². The van der Waals surface area contributed by atoms with E-state index < -0.39 is 0 Å². The fraction of sp³-hybridized carbons (Fsp3) is 0.500. The zero-order valence-corrected chi connectivity index (χ0v) is 17.0. The number of hydrogen-bond donors (Lipinski definition) is 0. The molecule has 0 aliphatic rings. The molecular formula is C24H34. The second-order valence-corrected chi connectivity index (χ2v) is 8.84. The van der Waals surface area contributed by atoms with Gasteiger partial charge >= 0.3 is 0 Å². The third-order valence-electron chi connectivity index (χ3n) is 5.14. The minimum atomic E-state index is 0.162. The van der Waals surface area contributed by atoms with Crippen molar-refractivity contribution >= 4 is 0 Å². The van der Waals surface area contributed by atoms with E-state index in [2.05, 4.69) is 92.6 Å². The van der Waals surface area contributed by atoms with Crippen molar-refractivity contribution in [2.75, 3.05) is 0 Å². The van der Waals surface area contributed by atoms with Crippen molar-refractivity contribution < 1.29 is 0 Å². The van der Waals surface area contributed by atoms with Crippen LogP contribution in [-0.2, 0) is 5.41 Å². The van der Waals surface area contributed by atoms with Gasteiger partial charge in [-0.3, -0.25) is 0 Å². The van der Waals surface area contributed by atoms with Crippen LogP contribution >= 0.6 is 0 Å². The Bertz CT molecular complexity index is 698. The van der Waals surface area contributed by atoms with Crippen LogP contribution in [-0.4, -0.2) is 0 Å². The molecular weight excluding hydrogens is 288 g/mol. The first-order valence-corrected chi connectivity index (χ1v) is 9.29. The van der Waals surface area contributed by atoms with Gasteiger partial charge in [-0.25, -0.2) is 0 Å². The normalized spacial score (nSPS) is 12.3. The first kappa shape index (κ1) is 18.8. The van der Waals surface area contributed by atoms with E-state index in [-0.39, 0.29) is 5.41 Å². The summed E-state index contributed by atoms with van der Waals surface area (Å²) in [7, 11) is 0. The molecule has 130 valence electrons. The minimum absolute atomic E-state index is 0.162. The quantitative estimate of drug-likeness (QED) is 0.548. The van der Waals surface area contributed by atoms with Gasteiger partial charge in [0, 0.05) is 0 Å². The molecule has 0 saturated carbocycles. The lowest BCUT2D eigenvalue weighted by molar-refractivity contribution is 0.585. The van der Waals surface area contributed by atoms with E-state index in [9.17, 15) is 0 Å². The van der Waals surface area contributed by atoms with Crippen LogP contribution < -0.4 is 0 Å². The van der Waals surface area contributed by atoms with Gasteiger partial charge in [0.05, 0.1) is 0 Å². The van der Waals surface area contributed by atoms with Gasteiger partial charge in [-0.1, -0.05) is 78.8 Å². The fourth-order valence-electron chi connectivity index (χ4n) is 3.67. The fourth-order valence-corrected chi connectivity index (χ4v) is 3.67. The molecule has 2 aromatic carbocycles. The third kappa shape index (κ3) is 3.58. The highest BCUT2D eigenvalue weighted by molar-refractivity contribution is 5.74. The van der Waals surface area contributed by atoms with Crippen molar-refractivity contribution in [2.24, 2.45) is 0 Å². The van der Waals surface area contributed by atoms with Crippen LogP contribution in [0.15, 0.2) is 30.3 Å². The average Bonchev–Trinajstić information content (AvgIpc) is 2.47. The highest BCUT2D eigenvalue weighted by atomic mass is 14.3. The predicted molar refractivity (Wildman–Crippen MR) is 108 cm³/mol. The summed E-state index contributed by atoms with van der Waals surface area (Å²) < 4.78 is 0. The zero-order chi connectivity index (χ0) is 18.2. The Kier molecular flexibility index (Phi) is 5.28. The Morgan fingerprint density at radius 2 is 1.29 bits per heavy atom. The Labute approximate surface area is 149 Å². The van der Waals surface area contributed by atoms with Crippen molar-refractivity contribution in [1.29, 1.82) is 0 Å². The summed E-state index contributed by atoms with van der Waals surface area (Å²) in [5.74, 6) is 1.05. The minimum Gasteiger partial charge on any atom is -0.0617 e. The molecule has 0 aliphatic heterocycles. The monoisotopic (exact) mass is 322 g/mol. The van der Waals surface area contributed by atoms with E-state index in [1.54, 1.807) is 0 Å². The standard InChI is InChI=1S/C24H34/c1-15(2)20-11-10-12-21(16(3)4)23(20)19-13-17(5)18(6)22(14-19)24(7,8)9/h10-16H,1-9H3. The molecule has 0 fully saturated rings. The summed E-state index contributed by atoms with van der Waals surface area (Å²) in [5, 5.41) is 0. The van der Waals surface area contributed by atoms with Crippen molar-refractivity contribution in [2.45, 2.75) is 79.6 Å². The van der Waals surface area contributed by atoms with Gasteiger partial charge < -0.3 is 0 Å². The van der Waals surface area contributed by atoms with E-state index in [4.69, 9.17) is 0 Å². The largest absolute Gasteiger partial charge is 0.0617 e. The first-order valence-electron chi connectivity index (χ1n) is 9.29. The molecule has 0 nitrogen and oxygen atoms in total. The first-order chi connectivity index (χ1) is 11.0. The van der Waals surface area contributed by atoms with Crippen LogP contribution in [0.25, 0.3) is 11.1 Å². The average molecular weight is 323 g/mol. The van der Waals surface area contributed by atoms with Gasteiger partial charge in [-0.2, -0.15) is 0 Å². The summed E-state index contributed by atoms with van der Waals surface area (Å²) >= 11 is 0. The maximum Gasteiger partial charge on any atom is -0.0114 e. The lowest BCUT2D eigenvalue weighted by atomic mass is 9.78. The van der Waals surface area contributed by atoms with Crippen LogP contribution in [0.1, 0.15) is 88.1 Å². The Morgan fingerprint density at radius 3 is 1.71 bits per heavy atom. The maximum absolute atomic E-state index is 2.44. The number of benzene rings is 2. The van der Waals surface area contributed by atoms with Crippen molar-refractivity contribution in [3.8, 4) is 11.1 Å². The Hall–Kier alpha value is -1.56. The highest BCUT2D eigenvalue weighted by Crippen LogP contribution is 2.39. The predicted octanol–water partition coefficient (Wildman–Crippen LogP) is 7.51. The molecule has 24 heavy (non-hydrogen) atoms. The smallest absolute Gasteiger partial charge is 0.0114 e. The summed E-state index contributed by atoms with van der Waals surface area (Å²) in [6, 6.07) is 11.7. The Balaban J connectivity index is 2.84. The topological polar surface area (TPSA) is 0 Å². The van der Waals surface area contributed by atoms with Gasteiger partial charge in [0.2, 0.25) is 0 Å². The molecule has 0 heteroatoms. The summed E-state index contributed by atoms with van der Waals surface area (Å²) in [4.78, 5) is 0. The number of rotatable bonds is 3. The molecule has 0 N–H and O–H groups in total. The molecule has 0 bridgehead atoms. The number of hydrogen-bond acceptors (Lipinski definition) is 0. The lowest BCUT2D eigenvalue weighted by Gasteiger charge is -2.26. The SMILES string of the molecule is Cc1cc(-c2c(C(C)C)cccc2C(C)C)cc(C(C)(C)C)c1C. The summed E-state index contributed by atoms with van der Waals surface area (Å²) in [6.45, 7) is 20.7. The molecule has 2 aromatic rings. The lowest BCUT2D eigenvalue weighted by Crippen LogP contribution is -2.14. The highest BCUT2D eigenvalue weighted by Gasteiger charge is 2.21. The summed E-state index contributed by atoms with van der Waals surface area (Å²) in [5.41, 5.74) is 10.2. The van der Waals surface area contributed by atoms with Crippen molar-refractivity contribution in [1.82, 2.24) is 0 Å². The molecule has 0 aromatic heterocycles. The van der Waals surface area contributed by atoms with E-state index >= 15 is 0 Å². The van der Waals surface area contributed by atoms with Crippen LogP contribution in [0.3, 0.4) is 0 Å². The van der Waals surface area contributed by atoms with E-state index in [1.807, 2.05) is 0 Å².